The van der Waals surface area contributed by atoms with Crippen LogP contribution in [-0.4, -0.2) is 45.3 Å². The van der Waals surface area contributed by atoms with E-state index >= 15 is 0 Å². The third-order valence-electron chi connectivity index (χ3n) is 7.00. The zero-order valence-electron chi connectivity index (χ0n) is 22.0. The number of halogens is 2. The van der Waals surface area contributed by atoms with Gasteiger partial charge in [-0.25, -0.2) is 4.39 Å². The molecule has 1 aliphatic rings. The number of nitrogens with zero attached hydrogens (tertiary/aromatic N) is 4. The second-order valence-corrected chi connectivity index (χ2v) is 12.5. The van der Waals surface area contributed by atoms with E-state index in [-0.39, 0.29) is 10.7 Å². The first-order valence-corrected chi connectivity index (χ1v) is 15.4. The van der Waals surface area contributed by atoms with E-state index in [1.54, 1.807) is 12.1 Å². The van der Waals surface area contributed by atoms with E-state index in [0.29, 0.717) is 5.56 Å². The predicted molar refractivity (Wildman–Crippen MR) is 168 cm³/mol. The molecule has 2 N–H and O–H groups in total. The summed E-state index contributed by atoms with van der Waals surface area (Å²) in [5.74, 6) is -1.13. The Balaban J connectivity index is 1.22. The maximum atomic E-state index is 13.5. The summed E-state index contributed by atoms with van der Waals surface area (Å²) in [6.07, 6.45) is 0. The van der Waals surface area contributed by atoms with Gasteiger partial charge in [-0.2, -0.15) is 8.42 Å². The zero-order chi connectivity index (χ0) is 29.0. The number of benzene rings is 4. The molecule has 41 heavy (non-hydrogen) atoms. The second kappa shape index (κ2) is 12.5. The fourth-order valence-electron chi connectivity index (χ4n) is 4.78. The molecule has 8 nitrogen and oxygen atoms in total. The summed E-state index contributed by atoms with van der Waals surface area (Å²) < 4.78 is 43.7. The van der Waals surface area contributed by atoms with Crippen LogP contribution in [0.4, 0.5) is 15.8 Å². The number of amidine groups is 1. The fraction of sp³-hybridized carbons (Fsp3) is 0.167. The standard InChI is InChI=1S/C30H27FIN5O3S/c31-28-14-13-26(19-29(28)34-38)41(39,40)35-30(33)22-7-11-25(12-8-22)37-17-15-36(16-18-37)20-23-3-1-2-4-27(23)21-5-9-24(32)10-6-21/h1-14,19H,15-18,20H2,(H2,33,35). The lowest BCUT2D eigenvalue weighted by Crippen LogP contribution is -2.46. The molecule has 0 amide bonds. The summed E-state index contributed by atoms with van der Waals surface area (Å²) in [7, 11) is -4.26. The van der Waals surface area contributed by atoms with Crippen LogP contribution in [0, 0.1) is 14.3 Å². The Kier molecular flexibility index (Phi) is 8.76. The van der Waals surface area contributed by atoms with Crippen molar-refractivity contribution in [1.82, 2.24) is 4.90 Å². The molecular weight excluding hydrogens is 656 g/mol. The van der Waals surface area contributed by atoms with Gasteiger partial charge in [-0.1, -0.05) is 36.4 Å². The van der Waals surface area contributed by atoms with Gasteiger partial charge in [0, 0.05) is 47.5 Å². The van der Waals surface area contributed by atoms with Gasteiger partial charge in [0.2, 0.25) is 0 Å². The maximum Gasteiger partial charge on any atom is 0.284 e. The smallest absolute Gasteiger partial charge is 0.284 e. The summed E-state index contributed by atoms with van der Waals surface area (Å²) in [5, 5.41) is 2.50. The number of hydrogen-bond donors (Lipinski definition) is 1. The van der Waals surface area contributed by atoms with E-state index < -0.39 is 21.5 Å². The van der Waals surface area contributed by atoms with Crippen LogP contribution >= 0.6 is 22.6 Å². The van der Waals surface area contributed by atoms with Crippen molar-refractivity contribution >= 4 is 49.8 Å². The Labute approximate surface area is 251 Å². The van der Waals surface area contributed by atoms with Crippen LogP contribution in [0.5, 0.6) is 0 Å². The highest BCUT2D eigenvalue weighted by Gasteiger charge is 2.20. The number of piperazine rings is 1. The minimum absolute atomic E-state index is 0.210. The van der Waals surface area contributed by atoms with E-state index in [4.69, 9.17) is 5.73 Å². The molecule has 0 atom stereocenters. The lowest BCUT2D eigenvalue weighted by atomic mass is 9.99. The Morgan fingerprint density at radius 1 is 0.902 bits per heavy atom. The van der Waals surface area contributed by atoms with Crippen LogP contribution in [0.15, 0.2) is 105 Å². The third-order valence-corrected chi connectivity index (χ3v) is 9.01. The monoisotopic (exact) mass is 683 g/mol. The molecule has 0 spiro atoms. The van der Waals surface area contributed by atoms with Gasteiger partial charge in [0.05, 0.1) is 4.90 Å². The van der Waals surface area contributed by atoms with Crippen molar-refractivity contribution in [3.05, 3.63) is 116 Å². The molecule has 4 aromatic rings. The minimum Gasteiger partial charge on any atom is -0.383 e. The highest BCUT2D eigenvalue weighted by molar-refractivity contribution is 14.1. The van der Waals surface area contributed by atoms with Crippen molar-refractivity contribution in [2.45, 2.75) is 11.4 Å². The molecule has 0 radical (unpaired) electrons. The average Bonchev–Trinajstić information content (AvgIpc) is 2.98. The predicted octanol–water partition coefficient (Wildman–Crippen LogP) is 5.91. The molecule has 1 fully saturated rings. The van der Waals surface area contributed by atoms with Gasteiger partial charge >= 0.3 is 0 Å². The number of hydrogen-bond acceptors (Lipinski definition) is 6. The summed E-state index contributed by atoms with van der Waals surface area (Å²) in [4.78, 5) is 15.1. The van der Waals surface area contributed by atoms with Crippen LogP contribution < -0.4 is 10.6 Å². The number of nitrogens with two attached hydrogens (primary N) is 1. The van der Waals surface area contributed by atoms with Crippen molar-refractivity contribution in [3.63, 3.8) is 0 Å². The van der Waals surface area contributed by atoms with Gasteiger partial charge in [-0.3, -0.25) is 4.90 Å². The van der Waals surface area contributed by atoms with E-state index in [2.05, 4.69) is 90.5 Å². The Morgan fingerprint density at radius 3 is 2.27 bits per heavy atom. The molecule has 4 aromatic carbocycles. The van der Waals surface area contributed by atoms with Crippen molar-refractivity contribution in [1.29, 1.82) is 0 Å². The minimum atomic E-state index is -4.26. The quantitative estimate of drug-likeness (QED) is 0.107. The van der Waals surface area contributed by atoms with Crippen LogP contribution in [-0.2, 0) is 16.6 Å². The molecule has 5 rings (SSSR count). The molecule has 0 aromatic heterocycles. The molecule has 0 unspecified atom stereocenters. The molecule has 1 saturated heterocycles. The topological polar surface area (TPSA) is 108 Å². The van der Waals surface area contributed by atoms with Gasteiger partial charge in [-0.05, 0) is 99.1 Å². The third kappa shape index (κ3) is 6.80. The van der Waals surface area contributed by atoms with Gasteiger partial charge in [0.1, 0.15) is 11.5 Å². The van der Waals surface area contributed by atoms with E-state index in [1.807, 2.05) is 12.1 Å². The average molecular weight is 684 g/mol. The van der Waals surface area contributed by atoms with Crippen LogP contribution in [0.3, 0.4) is 0 Å². The Bertz CT molecular complexity index is 1690. The van der Waals surface area contributed by atoms with Crippen molar-refractivity contribution in [3.8, 4) is 11.1 Å². The fourth-order valence-corrected chi connectivity index (χ4v) is 6.11. The summed E-state index contributed by atoms with van der Waals surface area (Å²) in [5.41, 5.74) is 10.6. The molecule has 0 bridgehead atoms. The first-order chi connectivity index (χ1) is 19.7. The number of anilines is 1. The van der Waals surface area contributed by atoms with Crippen molar-refractivity contribution in [2.75, 3.05) is 31.1 Å². The SMILES string of the molecule is N/C(=N/S(=O)(=O)c1ccc(F)c(N=O)c1)c1ccc(N2CCN(Cc3ccccc3-c3ccc(I)cc3)CC2)cc1. The van der Waals surface area contributed by atoms with E-state index in [0.717, 1.165) is 56.6 Å². The summed E-state index contributed by atoms with van der Waals surface area (Å²) in [6.45, 7) is 4.37. The Morgan fingerprint density at radius 2 is 1.59 bits per heavy atom. The largest absolute Gasteiger partial charge is 0.383 e. The van der Waals surface area contributed by atoms with E-state index in [9.17, 15) is 17.7 Å². The molecule has 0 aliphatic carbocycles. The van der Waals surface area contributed by atoms with Crippen LogP contribution in [0.2, 0.25) is 0 Å². The number of sulfonamides is 1. The lowest BCUT2D eigenvalue weighted by molar-refractivity contribution is 0.250. The lowest BCUT2D eigenvalue weighted by Gasteiger charge is -2.36. The molecule has 11 heteroatoms. The van der Waals surface area contributed by atoms with Gasteiger partial charge in [0.15, 0.2) is 5.82 Å². The number of nitroso groups, excluding NO2 is 1. The molecule has 1 heterocycles. The molecular formula is C30H27FIN5O3S. The first-order valence-electron chi connectivity index (χ1n) is 12.9. The van der Waals surface area contributed by atoms with Crippen molar-refractivity contribution in [2.24, 2.45) is 15.3 Å². The molecule has 210 valence electrons. The first kappa shape index (κ1) is 28.8. The van der Waals surface area contributed by atoms with Gasteiger partial charge < -0.3 is 10.6 Å². The maximum absolute atomic E-state index is 13.5. The van der Waals surface area contributed by atoms with Crippen molar-refractivity contribution < 1.29 is 12.8 Å². The zero-order valence-corrected chi connectivity index (χ0v) is 24.9. The van der Waals surface area contributed by atoms with Gasteiger partial charge in [-0.15, -0.1) is 9.30 Å². The summed E-state index contributed by atoms with van der Waals surface area (Å²) in [6, 6.07) is 27.0. The second-order valence-electron chi connectivity index (χ2n) is 9.63. The van der Waals surface area contributed by atoms with Crippen LogP contribution in [0.25, 0.3) is 11.1 Å². The van der Waals surface area contributed by atoms with Gasteiger partial charge in [0.25, 0.3) is 10.0 Å². The Hall–Kier alpha value is -3.68. The summed E-state index contributed by atoms with van der Waals surface area (Å²) >= 11 is 2.32. The molecule has 1 aliphatic heterocycles. The highest BCUT2D eigenvalue weighted by atomic mass is 127. The van der Waals surface area contributed by atoms with E-state index in [1.165, 1.54) is 20.3 Å². The normalized spacial score (nSPS) is 14.7. The van der Waals surface area contributed by atoms with Crippen LogP contribution in [0.1, 0.15) is 11.1 Å². The highest BCUT2D eigenvalue weighted by Crippen LogP contribution is 2.27. The molecule has 0 saturated carbocycles. The number of rotatable bonds is 8.